The van der Waals surface area contributed by atoms with Gasteiger partial charge in [0, 0.05) is 71.5 Å². The van der Waals surface area contributed by atoms with Crippen LogP contribution < -0.4 is 10.6 Å². The molecule has 0 bridgehead atoms. The molecule has 0 amide bonds. The number of hydrogen-bond acceptors (Lipinski definition) is 6. The first-order chi connectivity index (χ1) is 11.6. The van der Waals surface area contributed by atoms with Crippen LogP contribution in [0.3, 0.4) is 0 Å². The Kier molecular flexibility index (Phi) is 9.53. The van der Waals surface area contributed by atoms with E-state index in [1.54, 1.807) is 0 Å². The minimum absolute atomic E-state index is 0.873. The molecule has 0 atom stereocenters. The minimum Gasteiger partial charge on any atom is -0.314 e. The van der Waals surface area contributed by atoms with Gasteiger partial charge in [0.2, 0.25) is 0 Å². The predicted molar refractivity (Wildman–Crippen MR) is 103 cm³/mol. The van der Waals surface area contributed by atoms with Crippen LogP contribution in [-0.4, -0.2) is 125 Å². The molecule has 0 unspecified atom stereocenters. The van der Waals surface area contributed by atoms with E-state index in [1.807, 2.05) is 0 Å². The Bertz CT molecular complexity index is 305. The highest BCUT2D eigenvalue weighted by molar-refractivity contribution is 4.81. The zero-order chi connectivity index (χ0) is 17.2. The van der Waals surface area contributed by atoms with Crippen molar-refractivity contribution in [1.82, 2.24) is 30.2 Å². The highest BCUT2D eigenvalue weighted by atomic mass is 15.2. The number of piperazine rings is 2. The second-order valence-electron chi connectivity index (χ2n) is 7.72. The fraction of sp³-hybridized carbons (Fsp3) is 1.00. The lowest BCUT2D eigenvalue weighted by molar-refractivity contribution is 0.109. The third-order valence-corrected chi connectivity index (χ3v) is 5.43. The molecule has 0 aromatic rings. The van der Waals surface area contributed by atoms with E-state index in [-0.39, 0.29) is 0 Å². The van der Waals surface area contributed by atoms with Crippen LogP contribution in [0.15, 0.2) is 0 Å². The lowest BCUT2D eigenvalue weighted by Crippen LogP contribution is -2.51. The maximum Gasteiger partial charge on any atom is 0.0121 e. The maximum atomic E-state index is 3.41. The molecule has 0 aliphatic carbocycles. The number of nitrogens with one attached hydrogen (secondary N) is 2. The zero-order valence-electron chi connectivity index (χ0n) is 16.3. The van der Waals surface area contributed by atoms with Crippen LogP contribution in [0.5, 0.6) is 0 Å². The van der Waals surface area contributed by atoms with Gasteiger partial charge in [-0.1, -0.05) is 0 Å². The molecule has 3 fully saturated rings. The van der Waals surface area contributed by atoms with Crippen LogP contribution in [0.4, 0.5) is 0 Å². The zero-order valence-corrected chi connectivity index (χ0v) is 16.3. The standard InChI is InChI=1S/C10H21N3.C8H19N3/c1-12-6-2-10(3-7-12)13-8-4-11-5-9-13;1-10(2)7-8-11-5-3-9-4-6-11/h10-11H,2-9H2,1H3;9H,3-8H2,1-2H3. The molecule has 2 N–H and O–H groups in total. The highest BCUT2D eigenvalue weighted by Crippen LogP contribution is 2.15. The molecule has 0 spiro atoms. The first-order valence-electron chi connectivity index (χ1n) is 9.86. The molecule has 3 aliphatic rings. The molecule has 3 rings (SSSR count). The summed E-state index contributed by atoms with van der Waals surface area (Å²) in [7, 11) is 6.48. The first-order valence-corrected chi connectivity index (χ1v) is 9.86. The topological polar surface area (TPSA) is 37.0 Å². The average Bonchev–Trinajstić information content (AvgIpc) is 2.63. The summed E-state index contributed by atoms with van der Waals surface area (Å²) in [6, 6.07) is 0.873. The van der Waals surface area contributed by atoms with Gasteiger partial charge in [-0.3, -0.25) is 9.80 Å². The van der Waals surface area contributed by atoms with Crippen molar-refractivity contribution < 1.29 is 0 Å². The Labute approximate surface area is 149 Å². The Morgan fingerprint density at radius 2 is 1.38 bits per heavy atom. The highest BCUT2D eigenvalue weighted by Gasteiger charge is 2.23. The molecule has 3 heterocycles. The van der Waals surface area contributed by atoms with E-state index in [2.05, 4.69) is 51.4 Å². The van der Waals surface area contributed by atoms with Crippen molar-refractivity contribution in [1.29, 1.82) is 0 Å². The van der Waals surface area contributed by atoms with Gasteiger partial charge in [0.25, 0.3) is 0 Å². The van der Waals surface area contributed by atoms with Gasteiger partial charge in [-0.05, 0) is 47.1 Å². The number of hydrogen-bond donors (Lipinski definition) is 2. The maximum absolute atomic E-state index is 3.41. The number of likely N-dealkylation sites (tertiary alicyclic amines) is 1. The third kappa shape index (κ3) is 7.76. The normalized spacial score (nSPS) is 25.5. The number of rotatable bonds is 4. The van der Waals surface area contributed by atoms with Crippen LogP contribution in [0.2, 0.25) is 0 Å². The van der Waals surface area contributed by atoms with Crippen LogP contribution in [0.25, 0.3) is 0 Å². The molecule has 6 nitrogen and oxygen atoms in total. The van der Waals surface area contributed by atoms with Crippen molar-refractivity contribution in [3.8, 4) is 0 Å². The van der Waals surface area contributed by atoms with Gasteiger partial charge in [-0.25, -0.2) is 0 Å². The van der Waals surface area contributed by atoms with Crippen molar-refractivity contribution >= 4 is 0 Å². The lowest BCUT2D eigenvalue weighted by atomic mass is 10.0. The second-order valence-corrected chi connectivity index (χ2v) is 7.72. The second kappa shape index (κ2) is 11.4. The summed E-state index contributed by atoms with van der Waals surface area (Å²) in [6.45, 7) is 14.6. The van der Waals surface area contributed by atoms with Gasteiger partial charge in [0.15, 0.2) is 0 Å². The van der Waals surface area contributed by atoms with Crippen LogP contribution in [0.1, 0.15) is 12.8 Å². The van der Waals surface area contributed by atoms with Gasteiger partial charge in [-0.15, -0.1) is 0 Å². The van der Waals surface area contributed by atoms with E-state index in [9.17, 15) is 0 Å². The molecule has 0 radical (unpaired) electrons. The Hall–Kier alpha value is -0.240. The number of likely N-dealkylation sites (N-methyl/N-ethyl adjacent to an activating group) is 1. The first kappa shape index (κ1) is 20.1. The van der Waals surface area contributed by atoms with Crippen LogP contribution >= 0.6 is 0 Å². The average molecular weight is 341 g/mol. The van der Waals surface area contributed by atoms with E-state index in [0.29, 0.717) is 0 Å². The van der Waals surface area contributed by atoms with E-state index >= 15 is 0 Å². The minimum atomic E-state index is 0.873. The lowest BCUT2D eigenvalue weighted by Gasteiger charge is -2.39. The summed E-state index contributed by atoms with van der Waals surface area (Å²) in [6.07, 6.45) is 2.74. The summed E-state index contributed by atoms with van der Waals surface area (Å²) in [4.78, 5) is 9.86. The molecular formula is C18H40N6. The Morgan fingerprint density at radius 1 is 0.833 bits per heavy atom. The molecule has 6 heteroatoms. The monoisotopic (exact) mass is 340 g/mol. The molecule has 0 saturated carbocycles. The third-order valence-electron chi connectivity index (χ3n) is 5.43. The summed E-state index contributed by atoms with van der Waals surface area (Å²) in [5.74, 6) is 0. The molecule has 142 valence electrons. The summed E-state index contributed by atoms with van der Waals surface area (Å²) >= 11 is 0. The Balaban J connectivity index is 0.000000177. The van der Waals surface area contributed by atoms with Crippen molar-refractivity contribution in [2.45, 2.75) is 18.9 Å². The largest absolute Gasteiger partial charge is 0.314 e. The molecule has 0 aromatic heterocycles. The molecule has 3 aliphatic heterocycles. The van der Waals surface area contributed by atoms with E-state index in [0.717, 1.165) is 19.1 Å². The van der Waals surface area contributed by atoms with Gasteiger partial charge in [0.05, 0.1) is 0 Å². The van der Waals surface area contributed by atoms with Gasteiger partial charge in [0.1, 0.15) is 0 Å². The molecular weight excluding hydrogens is 300 g/mol. The SMILES string of the molecule is CN(C)CCN1CCNCC1.CN1CCC(N2CCNCC2)CC1. The summed E-state index contributed by atoms with van der Waals surface area (Å²) < 4.78 is 0. The number of nitrogens with zero attached hydrogens (tertiary/aromatic N) is 4. The molecule has 0 aromatic carbocycles. The number of piperidine rings is 1. The fourth-order valence-electron chi connectivity index (χ4n) is 3.68. The molecule has 3 saturated heterocycles. The van der Waals surface area contributed by atoms with Crippen molar-refractivity contribution in [3.63, 3.8) is 0 Å². The van der Waals surface area contributed by atoms with E-state index in [4.69, 9.17) is 0 Å². The van der Waals surface area contributed by atoms with Gasteiger partial charge >= 0.3 is 0 Å². The Morgan fingerprint density at radius 3 is 1.92 bits per heavy atom. The van der Waals surface area contributed by atoms with Crippen LogP contribution in [0, 0.1) is 0 Å². The quantitative estimate of drug-likeness (QED) is 0.715. The molecule has 24 heavy (non-hydrogen) atoms. The smallest absolute Gasteiger partial charge is 0.0121 e. The van der Waals surface area contributed by atoms with Crippen molar-refractivity contribution in [2.24, 2.45) is 0 Å². The van der Waals surface area contributed by atoms with Crippen LogP contribution in [-0.2, 0) is 0 Å². The van der Waals surface area contributed by atoms with Gasteiger partial charge < -0.3 is 20.4 Å². The van der Waals surface area contributed by atoms with Gasteiger partial charge in [-0.2, -0.15) is 0 Å². The van der Waals surface area contributed by atoms with E-state index < -0.39 is 0 Å². The van der Waals surface area contributed by atoms with Crippen molar-refractivity contribution in [3.05, 3.63) is 0 Å². The van der Waals surface area contributed by atoms with E-state index in [1.165, 1.54) is 78.3 Å². The summed E-state index contributed by atoms with van der Waals surface area (Å²) in [5, 5.41) is 6.76. The fourth-order valence-corrected chi connectivity index (χ4v) is 3.68. The predicted octanol–water partition coefficient (Wildman–Crippen LogP) is -0.561. The van der Waals surface area contributed by atoms with Crippen molar-refractivity contribution in [2.75, 3.05) is 99.7 Å². The summed E-state index contributed by atoms with van der Waals surface area (Å²) in [5.41, 5.74) is 0.